The lowest BCUT2D eigenvalue weighted by Crippen LogP contribution is -2.09. The third-order valence-corrected chi connectivity index (χ3v) is 4.10. The topological polar surface area (TPSA) is 76.5 Å². The number of nitrogens with zero attached hydrogens (tertiary/aromatic N) is 5. The number of aryl methyl sites for hydroxylation is 1. The first-order chi connectivity index (χ1) is 13.4. The Bertz CT molecular complexity index is 1140. The molecule has 28 heavy (non-hydrogen) atoms. The highest BCUT2D eigenvalue weighted by Gasteiger charge is 2.32. The van der Waals surface area contributed by atoms with Crippen molar-refractivity contribution in [3.05, 3.63) is 66.2 Å². The van der Waals surface area contributed by atoms with Crippen molar-refractivity contribution in [1.29, 1.82) is 0 Å². The van der Waals surface area contributed by atoms with Gasteiger partial charge in [0.15, 0.2) is 11.5 Å². The van der Waals surface area contributed by atoms with Crippen LogP contribution in [0.1, 0.15) is 11.3 Å². The molecule has 0 bridgehead atoms. The smallest absolute Gasteiger partial charge is 0.323 e. The van der Waals surface area contributed by atoms with Crippen LogP contribution in [0.4, 0.5) is 24.8 Å². The van der Waals surface area contributed by atoms with Crippen LogP contribution in [0.2, 0.25) is 0 Å². The predicted molar refractivity (Wildman–Crippen MR) is 97.8 cm³/mol. The summed E-state index contributed by atoms with van der Waals surface area (Å²) in [5.41, 5.74) is 2.35. The van der Waals surface area contributed by atoms with E-state index in [-0.39, 0.29) is 5.82 Å². The van der Waals surface area contributed by atoms with Gasteiger partial charge in [-0.25, -0.2) is 9.97 Å². The maximum absolute atomic E-state index is 12.6. The molecule has 0 fully saturated rings. The number of halogens is 3. The summed E-state index contributed by atoms with van der Waals surface area (Å²) in [6, 6.07) is 11.5. The number of anilines is 2. The van der Waals surface area contributed by atoms with Crippen molar-refractivity contribution in [1.82, 2.24) is 25.1 Å². The number of benzene rings is 1. The molecule has 6 nitrogen and oxygen atoms in total. The average Bonchev–Trinajstić information content (AvgIpc) is 2.68. The lowest BCUT2D eigenvalue weighted by molar-refractivity contribution is -0.141. The zero-order valence-electron chi connectivity index (χ0n) is 14.6. The lowest BCUT2D eigenvalue weighted by atomic mass is 10.0. The van der Waals surface area contributed by atoms with Gasteiger partial charge in [-0.2, -0.15) is 13.2 Å². The van der Waals surface area contributed by atoms with Crippen molar-refractivity contribution in [2.45, 2.75) is 13.1 Å². The molecule has 0 radical (unpaired) electrons. The van der Waals surface area contributed by atoms with E-state index in [1.165, 1.54) is 12.4 Å². The Balaban J connectivity index is 1.63. The van der Waals surface area contributed by atoms with Gasteiger partial charge in [0, 0.05) is 23.2 Å². The van der Waals surface area contributed by atoms with Crippen LogP contribution >= 0.6 is 0 Å². The highest BCUT2D eigenvalue weighted by atomic mass is 19.4. The third kappa shape index (κ3) is 3.59. The molecule has 140 valence electrons. The Morgan fingerprint density at radius 2 is 1.75 bits per heavy atom. The number of rotatable bonds is 3. The summed E-state index contributed by atoms with van der Waals surface area (Å²) >= 11 is 0. The minimum absolute atomic E-state index is 0.147. The van der Waals surface area contributed by atoms with E-state index in [0.717, 1.165) is 28.1 Å². The van der Waals surface area contributed by atoms with Crippen molar-refractivity contribution in [3.63, 3.8) is 0 Å². The molecule has 0 saturated heterocycles. The number of aromatic nitrogens is 5. The second-order valence-electron chi connectivity index (χ2n) is 6.08. The van der Waals surface area contributed by atoms with Gasteiger partial charge in [0.05, 0.1) is 11.2 Å². The predicted octanol–water partition coefficient (Wildman–Crippen LogP) is 4.55. The van der Waals surface area contributed by atoms with Gasteiger partial charge in [-0.05, 0) is 42.8 Å². The second kappa shape index (κ2) is 6.84. The zero-order chi connectivity index (χ0) is 19.7. The Hall–Kier alpha value is -3.62. The molecule has 0 saturated carbocycles. The number of pyridine rings is 1. The van der Waals surface area contributed by atoms with Crippen LogP contribution in [0.25, 0.3) is 22.2 Å². The number of hydrogen-bond acceptors (Lipinski definition) is 6. The Morgan fingerprint density at radius 1 is 0.893 bits per heavy atom. The maximum atomic E-state index is 12.6. The molecule has 0 aliphatic carbocycles. The fourth-order valence-electron chi connectivity index (χ4n) is 2.78. The summed E-state index contributed by atoms with van der Waals surface area (Å²) < 4.78 is 37.7. The summed E-state index contributed by atoms with van der Waals surface area (Å²) in [6.07, 6.45) is -1.44. The van der Waals surface area contributed by atoms with E-state index in [4.69, 9.17) is 0 Å². The molecule has 0 spiro atoms. The molecule has 1 aromatic carbocycles. The first-order valence-electron chi connectivity index (χ1n) is 8.26. The van der Waals surface area contributed by atoms with Gasteiger partial charge in [-0.15, -0.1) is 10.2 Å². The molecule has 4 rings (SSSR count). The Kier molecular flexibility index (Phi) is 4.34. The molecule has 0 aliphatic rings. The van der Waals surface area contributed by atoms with E-state index in [1.807, 2.05) is 31.2 Å². The zero-order valence-corrected chi connectivity index (χ0v) is 14.6. The summed E-state index contributed by atoms with van der Waals surface area (Å²) in [6.45, 7) is 1.99. The highest BCUT2D eigenvalue weighted by molar-refractivity contribution is 5.86. The normalized spacial score (nSPS) is 11.6. The molecule has 9 heteroatoms. The van der Waals surface area contributed by atoms with Crippen LogP contribution in [0.3, 0.4) is 0 Å². The van der Waals surface area contributed by atoms with Gasteiger partial charge >= 0.3 is 6.18 Å². The number of hydrogen-bond donors (Lipinski definition) is 1. The highest BCUT2D eigenvalue weighted by Crippen LogP contribution is 2.28. The summed E-state index contributed by atoms with van der Waals surface area (Å²) in [5.74, 6) is 0.534. The van der Waals surface area contributed by atoms with Gasteiger partial charge in [0.1, 0.15) is 12.1 Å². The summed E-state index contributed by atoms with van der Waals surface area (Å²) in [7, 11) is 0. The van der Waals surface area contributed by atoms with E-state index in [2.05, 4.69) is 30.5 Å². The molecule has 4 aromatic rings. The van der Waals surface area contributed by atoms with Gasteiger partial charge in [-0.1, -0.05) is 6.07 Å². The van der Waals surface area contributed by atoms with Crippen molar-refractivity contribution >= 4 is 22.5 Å². The van der Waals surface area contributed by atoms with Crippen LogP contribution in [-0.4, -0.2) is 25.1 Å². The minimum atomic E-state index is -4.53. The molecule has 0 unspecified atom stereocenters. The minimum Gasteiger partial charge on any atom is -0.323 e. The standard InChI is InChI=1S/C19H13F3N6/c1-11-7-12(8-15-13(11)3-2-6-23-15)14-9-18(25-10-24-14)26-17-5-4-16(27-28-17)19(20,21)22/h2-10H,1H3,(H,24,25,26,28). The van der Waals surface area contributed by atoms with Crippen molar-refractivity contribution in [2.24, 2.45) is 0 Å². The summed E-state index contributed by atoms with van der Waals surface area (Å²) in [5, 5.41) is 10.6. The first-order valence-corrected chi connectivity index (χ1v) is 8.26. The Morgan fingerprint density at radius 3 is 2.50 bits per heavy atom. The van der Waals surface area contributed by atoms with Crippen molar-refractivity contribution in [3.8, 4) is 11.3 Å². The molecule has 0 atom stereocenters. The SMILES string of the molecule is Cc1cc(-c2cc(Nc3ccc(C(F)(F)F)nn3)ncn2)cc2ncccc12. The monoisotopic (exact) mass is 382 g/mol. The van der Waals surface area contributed by atoms with E-state index in [0.29, 0.717) is 11.5 Å². The van der Waals surface area contributed by atoms with Gasteiger partial charge in [0.25, 0.3) is 0 Å². The molecule has 3 aromatic heterocycles. The largest absolute Gasteiger partial charge is 0.435 e. The van der Waals surface area contributed by atoms with Crippen molar-refractivity contribution in [2.75, 3.05) is 5.32 Å². The fraction of sp³-hybridized carbons (Fsp3) is 0.105. The Labute approximate surface area is 157 Å². The van der Waals surface area contributed by atoms with Gasteiger partial charge in [-0.3, -0.25) is 4.98 Å². The van der Waals surface area contributed by atoms with Crippen LogP contribution in [0.5, 0.6) is 0 Å². The molecule has 1 N–H and O–H groups in total. The van der Waals surface area contributed by atoms with Crippen LogP contribution in [-0.2, 0) is 6.18 Å². The number of alkyl halides is 3. The van der Waals surface area contributed by atoms with E-state index >= 15 is 0 Å². The lowest BCUT2D eigenvalue weighted by Gasteiger charge is -2.09. The van der Waals surface area contributed by atoms with Gasteiger partial charge in [0.2, 0.25) is 0 Å². The molecule has 3 heterocycles. The third-order valence-electron chi connectivity index (χ3n) is 4.10. The molecule has 0 aliphatic heterocycles. The van der Waals surface area contributed by atoms with Crippen LogP contribution in [0, 0.1) is 6.92 Å². The van der Waals surface area contributed by atoms with Crippen molar-refractivity contribution < 1.29 is 13.2 Å². The second-order valence-corrected chi connectivity index (χ2v) is 6.08. The van der Waals surface area contributed by atoms with E-state index in [1.54, 1.807) is 12.3 Å². The summed E-state index contributed by atoms with van der Waals surface area (Å²) in [4.78, 5) is 12.7. The quantitative estimate of drug-likeness (QED) is 0.560. The number of fused-ring (bicyclic) bond motifs is 1. The van der Waals surface area contributed by atoms with E-state index < -0.39 is 11.9 Å². The van der Waals surface area contributed by atoms with Crippen LogP contribution in [0.15, 0.2) is 55.0 Å². The number of nitrogens with one attached hydrogen (secondary N) is 1. The molecular formula is C19H13F3N6. The van der Waals surface area contributed by atoms with E-state index in [9.17, 15) is 13.2 Å². The maximum Gasteiger partial charge on any atom is 0.435 e. The molecule has 0 amide bonds. The fourth-order valence-corrected chi connectivity index (χ4v) is 2.78. The van der Waals surface area contributed by atoms with Gasteiger partial charge < -0.3 is 5.32 Å². The first kappa shape index (κ1) is 17.8. The average molecular weight is 382 g/mol. The van der Waals surface area contributed by atoms with Crippen LogP contribution < -0.4 is 5.32 Å². The molecular weight excluding hydrogens is 369 g/mol.